The Hall–Kier alpha value is -2.54. The van der Waals surface area contributed by atoms with Crippen LogP contribution in [-0.4, -0.2) is 27.7 Å². The molecule has 0 aliphatic carbocycles. The molecule has 0 saturated carbocycles. The molecule has 0 bridgehead atoms. The van der Waals surface area contributed by atoms with E-state index in [4.69, 9.17) is 4.74 Å². The van der Waals surface area contributed by atoms with Crippen molar-refractivity contribution in [1.29, 1.82) is 0 Å². The van der Waals surface area contributed by atoms with Crippen LogP contribution < -0.4 is 0 Å². The molecule has 0 aliphatic heterocycles. The molecule has 0 amide bonds. The topological polar surface area (TPSA) is 60.7 Å². The average molecular weight is 318 g/mol. The number of hydrogen-bond donors (Lipinski definition) is 0. The summed E-state index contributed by atoms with van der Waals surface area (Å²) < 4.78 is 19.5. The molecule has 0 unspecified atom stereocenters. The molecule has 0 atom stereocenters. The lowest BCUT2D eigenvalue weighted by molar-refractivity contribution is -0.141. The van der Waals surface area contributed by atoms with E-state index in [0.29, 0.717) is 11.3 Å². The molecule has 3 aromatic rings. The van der Waals surface area contributed by atoms with E-state index in [-0.39, 0.29) is 18.8 Å². The number of ketones is 1. The third-order valence-electron chi connectivity index (χ3n) is 3.00. The van der Waals surface area contributed by atoms with Crippen LogP contribution in [0.2, 0.25) is 0 Å². The Bertz CT molecular complexity index is 794. The number of benzene rings is 1. The van der Waals surface area contributed by atoms with E-state index >= 15 is 0 Å². The lowest BCUT2D eigenvalue weighted by Crippen LogP contribution is -2.15. The van der Waals surface area contributed by atoms with Gasteiger partial charge in [-0.25, -0.2) is 9.37 Å². The van der Waals surface area contributed by atoms with E-state index in [1.807, 2.05) is 16.0 Å². The van der Waals surface area contributed by atoms with E-state index < -0.39 is 11.8 Å². The van der Waals surface area contributed by atoms with E-state index in [1.54, 1.807) is 6.20 Å². The van der Waals surface area contributed by atoms with Gasteiger partial charge in [-0.1, -0.05) is 0 Å². The molecule has 1 aromatic carbocycles. The Morgan fingerprint density at radius 2 is 2.05 bits per heavy atom. The molecular formula is C15H11FN2O3S. The lowest BCUT2D eigenvalue weighted by Gasteiger charge is -2.03. The first kappa shape index (κ1) is 14.4. The SMILES string of the molecule is O=C(Cc1cn2ccsc2n1)OCC(=O)c1ccc(F)cc1. The highest BCUT2D eigenvalue weighted by molar-refractivity contribution is 7.15. The number of carbonyl (C=O) groups excluding carboxylic acids is 2. The number of rotatable bonds is 5. The highest BCUT2D eigenvalue weighted by atomic mass is 32.1. The van der Waals surface area contributed by atoms with Crippen LogP contribution in [0.4, 0.5) is 4.39 Å². The minimum absolute atomic E-state index is 0.00506. The van der Waals surface area contributed by atoms with Crippen LogP contribution in [0.5, 0.6) is 0 Å². The highest BCUT2D eigenvalue weighted by Crippen LogP contribution is 2.12. The number of aromatic nitrogens is 2. The van der Waals surface area contributed by atoms with Crippen LogP contribution in [-0.2, 0) is 16.0 Å². The Morgan fingerprint density at radius 3 is 2.77 bits per heavy atom. The Labute approximate surface area is 129 Å². The van der Waals surface area contributed by atoms with Crippen molar-refractivity contribution in [3.8, 4) is 0 Å². The van der Waals surface area contributed by atoms with Crippen LogP contribution in [0.15, 0.2) is 42.0 Å². The fourth-order valence-electron chi connectivity index (χ4n) is 1.93. The maximum atomic E-state index is 12.8. The Kier molecular flexibility index (Phi) is 3.97. The van der Waals surface area contributed by atoms with Gasteiger partial charge in [0.2, 0.25) is 0 Å². The smallest absolute Gasteiger partial charge is 0.312 e. The number of imidazole rings is 1. The zero-order chi connectivity index (χ0) is 15.5. The van der Waals surface area contributed by atoms with Crippen LogP contribution in [0.1, 0.15) is 16.1 Å². The number of esters is 1. The van der Waals surface area contributed by atoms with Gasteiger partial charge >= 0.3 is 5.97 Å². The average Bonchev–Trinajstić information content (AvgIpc) is 3.06. The summed E-state index contributed by atoms with van der Waals surface area (Å²) in [6, 6.07) is 5.09. The van der Waals surface area contributed by atoms with Gasteiger partial charge in [0.1, 0.15) is 5.82 Å². The van der Waals surface area contributed by atoms with E-state index in [0.717, 1.165) is 4.96 Å². The number of Topliss-reactive ketones (excluding diaryl/α,β-unsaturated/α-hetero) is 1. The molecule has 112 valence electrons. The fraction of sp³-hybridized carbons (Fsp3) is 0.133. The molecular weight excluding hydrogens is 307 g/mol. The first-order valence-corrected chi connectivity index (χ1v) is 7.35. The largest absolute Gasteiger partial charge is 0.457 e. The lowest BCUT2D eigenvalue weighted by atomic mass is 10.1. The van der Waals surface area contributed by atoms with Gasteiger partial charge in [0.15, 0.2) is 17.4 Å². The Morgan fingerprint density at radius 1 is 1.27 bits per heavy atom. The van der Waals surface area contributed by atoms with Crippen molar-refractivity contribution in [1.82, 2.24) is 9.38 Å². The summed E-state index contributed by atoms with van der Waals surface area (Å²) in [7, 11) is 0. The van der Waals surface area contributed by atoms with Gasteiger partial charge in [-0.15, -0.1) is 11.3 Å². The van der Waals surface area contributed by atoms with Crippen LogP contribution >= 0.6 is 11.3 Å². The molecule has 0 spiro atoms. The second kappa shape index (κ2) is 6.07. The zero-order valence-corrected chi connectivity index (χ0v) is 12.2. The van der Waals surface area contributed by atoms with Gasteiger partial charge in [-0.3, -0.25) is 14.0 Å². The number of ether oxygens (including phenoxy) is 1. The Balaban J connectivity index is 1.54. The summed E-state index contributed by atoms with van der Waals surface area (Å²) in [5.74, 6) is -1.33. The zero-order valence-electron chi connectivity index (χ0n) is 11.4. The first-order chi connectivity index (χ1) is 10.6. The van der Waals surface area contributed by atoms with Crippen LogP contribution in [0.25, 0.3) is 4.96 Å². The summed E-state index contributed by atoms with van der Waals surface area (Å²) in [6.45, 7) is -0.368. The predicted octanol–water partition coefficient (Wildman–Crippen LogP) is 2.50. The maximum Gasteiger partial charge on any atom is 0.312 e. The van der Waals surface area contributed by atoms with Gasteiger partial charge in [0.25, 0.3) is 0 Å². The van der Waals surface area contributed by atoms with Crippen molar-refractivity contribution in [2.75, 3.05) is 6.61 Å². The van der Waals surface area contributed by atoms with Crippen molar-refractivity contribution < 1.29 is 18.7 Å². The standard InChI is InChI=1S/C15H11FN2O3S/c16-11-3-1-10(2-4-11)13(19)9-21-14(20)7-12-8-18-5-6-22-15(18)17-12/h1-6,8H,7,9H2. The van der Waals surface area contributed by atoms with Crippen LogP contribution in [0, 0.1) is 5.82 Å². The van der Waals surface area contributed by atoms with Gasteiger partial charge in [-0.2, -0.15) is 0 Å². The predicted molar refractivity (Wildman–Crippen MR) is 78.5 cm³/mol. The number of thiazole rings is 1. The molecule has 0 aliphatic rings. The van der Waals surface area contributed by atoms with Crippen molar-refractivity contribution >= 4 is 28.1 Å². The van der Waals surface area contributed by atoms with Gasteiger partial charge in [0.05, 0.1) is 12.1 Å². The van der Waals surface area contributed by atoms with E-state index in [2.05, 4.69) is 4.98 Å². The molecule has 2 aromatic heterocycles. The third kappa shape index (κ3) is 3.20. The quantitative estimate of drug-likeness (QED) is 0.536. The molecule has 2 heterocycles. The minimum Gasteiger partial charge on any atom is -0.457 e. The van der Waals surface area contributed by atoms with Gasteiger partial charge in [0, 0.05) is 23.3 Å². The second-order valence-corrected chi connectivity index (χ2v) is 5.47. The number of halogens is 1. The number of hydrogen-bond acceptors (Lipinski definition) is 5. The van der Waals surface area contributed by atoms with Crippen molar-refractivity contribution in [2.24, 2.45) is 0 Å². The van der Waals surface area contributed by atoms with Crippen LogP contribution in [0.3, 0.4) is 0 Å². The molecule has 0 radical (unpaired) electrons. The molecule has 0 saturated heterocycles. The monoisotopic (exact) mass is 318 g/mol. The number of carbonyl (C=O) groups is 2. The van der Waals surface area contributed by atoms with Crippen molar-refractivity contribution in [2.45, 2.75) is 6.42 Å². The summed E-state index contributed by atoms with van der Waals surface area (Å²) in [5.41, 5.74) is 0.891. The summed E-state index contributed by atoms with van der Waals surface area (Å²) >= 11 is 1.47. The van der Waals surface area contributed by atoms with Crippen molar-refractivity contribution in [3.63, 3.8) is 0 Å². The third-order valence-corrected chi connectivity index (χ3v) is 3.77. The molecule has 7 heteroatoms. The molecule has 3 rings (SSSR count). The molecule has 5 nitrogen and oxygen atoms in total. The van der Waals surface area contributed by atoms with Crippen molar-refractivity contribution in [3.05, 3.63) is 59.1 Å². The molecule has 0 N–H and O–H groups in total. The first-order valence-electron chi connectivity index (χ1n) is 6.47. The van der Waals surface area contributed by atoms with E-state index in [9.17, 15) is 14.0 Å². The minimum atomic E-state index is -0.527. The molecule has 22 heavy (non-hydrogen) atoms. The van der Waals surface area contributed by atoms with E-state index in [1.165, 1.54) is 35.6 Å². The summed E-state index contributed by atoms with van der Waals surface area (Å²) in [6.07, 6.45) is 3.60. The fourth-order valence-corrected chi connectivity index (χ4v) is 2.64. The maximum absolute atomic E-state index is 12.8. The molecule has 0 fully saturated rings. The highest BCUT2D eigenvalue weighted by Gasteiger charge is 2.12. The summed E-state index contributed by atoms with van der Waals surface area (Å²) in [4.78, 5) is 28.6. The number of fused-ring (bicyclic) bond motifs is 1. The second-order valence-electron chi connectivity index (χ2n) is 4.59. The van der Waals surface area contributed by atoms with Gasteiger partial charge < -0.3 is 4.74 Å². The normalized spacial score (nSPS) is 10.8. The summed E-state index contributed by atoms with van der Waals surface area (Å²) in [5, 5.41) is 1.89. The number of nitrogens with zero attached hydrogens (tertiary/aromatic N) is 2. The van der Waals surface area contributed by atoms with Gasteiger partial charge in [-0.05, 0) is 24.3 Å².